The summed E-state index contributed by atoms with van der Waals surface area (Å²) in [6, 6.07) is 0. The maximum atomic E-state index is 11.3. The van der Waals surface area contributed by atoms with Gasteiger partial charge in [-0.1, -0.05) is 22.6 Å². The van der Waals surface area contributed by atoms with Crippen molar-refractivity contribution in [3.63, 3.8) is 0 Å². The maximum Gasteiger partial charge on any atom is 0.337 e. The molecule has 5 nitrogen and oxygen atoms in total. The molecule has 1 rings (SSSR count). The summed E-state index contributed by atoms with van der Waals surface area (Å²) in [4.78, 5) is 18.1. The Hall–Kier alpha value is 1.56. The van der Waals surface area contributed by atoms with Crippen LogP contribution >= 0.6 is 90.9 Å². The van der Waals surface area contributed by atoms with E-state index in [1.807, 2.05) is 68.3 Å². The summed E-state index contributed by atoms with van der Waals surface area (Å²) in [7, 11) is 0. The molecule has 0 bridgehead atoms. The highest BCUT2D eigenvalue weighted by Crippen LogP contribution is 2.46. The van der Waals surface area contributed by atoms with Crippen LogP contribution in [0.15, 0.2) is 12.5 Å². The summed E-state index contributed by atoms with van der Waals surface area (Å²) in [6.45, 7) is 0. The molecule has 0 aliphatic rings. The van der Waals surface area contributed by atoms with Crippen molar-refractivity contribution in [2.24, 2.45) is 0 Å². The average molecular weight is 659 g/mol. The van der Waals surface area contributed by atoms with Crippen molar-refractivity contribution in [2.45, 2.75) is 7.47 Å². The maximum absolute atomic E-state index is 11.3. The van der Waals surface area contributed by atoms with Gasteiger partial charge in [-0.3, -0.25) is 0 Å². The number of hydrogen-bond donors (Lipinski definition) is 2. The van der Waals surface area contributed by atoms with E-state index < -0.39 is 9.51 Å². The Labute approximate surface area is 141 Å². The SMILES string of the molecule is O=C(O)[C@](I)(C(I)c1cnc[nH]1)N(I)I. The van der Waals surface area contributed by atoms with E-state index in [1.54, 1.807) is 13.9 Å². The molecule has 0 aliphatic heterocycles. The molecule has 9 heteroatoms. The highest BCUT2D eigenvalue weighted by atomic mass is 127. The number of nitrogens with zero attached hydrogens (tertiary/aromatic N) is 2. The molecule has 0 spiro atoms. The summed E-state index contributed by atoms with van der Waals surface area (Å²) in [5, 5.41) is 9.27. The van der Waals surface area contributed by atoms with Crippen LogP contribution in [0.2, 0.25) is 0 Å². The molecule has 0 aliphatic carbocycles. The van der Waals surface area contributed by atoms with E-state index in [9.17, 15) is 9.90 Å². The first-order valence-corrected chi connectivity index (χ1v) is 7.82. The van der Waals surface area contributed by atoms with Gasteiger partial charge >= 0.3 is 5.97 Å². The third kappa shape index (κ3) is 3.06. The summed E-state index contributed by atoms with van der Waals surface area (Å²) in [5.74, 6) is -0.874. The number of aromatic nitrogens is 2. The van der Waals surface area contributed by atoms with Crippen LogP contribution in [0.4, 0.5) is 0 Å². The zero-order chi connectivity index (χ0) is 11.6. The predicted molar refractivity (Wildman–Crippen MR) is 89.6 cm³/mol. The highest BCUT2D eigenvalue weighted by molar-refractivity contribution is 14.2. The molecule has 2 atom stereocenters. The number of H-pyrrole nitrogens is 1. The molecule has 1 unspecified atom stereocenters. The molecule has 1 heterocycles. The third-order valence-corrected chi connectivity index (χ3v) is 9.37. The number of imidazole rings is 1. The molecule has 0 fully saturated rings. The van der Waals surface area contributed by atoms with Crippen molar-refractivity contribution in [3.05, 3.63) is 18.2 Å². The summed E-state index contributed by atoms with van der Waals surface area (Å²) >= 11 is 7.98. The number of hydrogen-bond acceptors (Lipinski definition) is 3. The first-order valence-electron chi connectivity index (χ1n) is 3.57. The predicted octanol–water partition coefficient (Wildman–Crippen LogP) is 3.10. The normalized spacial score (nSPS) is 17.4. The number of alkyl halides is 2. The molecule has 0 aromatic carbocycles. The molecular weight excluding hydrogens is 654 g/mol. The van der Waals surface area contributed by atoms with Crippen molar-refractivity contribution in [1.82, 2.24) is 11.3 Å². The van der Waals surface area contributed by atoms with E-state index >= 15 is 0 Å². The lowest BCUT2D eigenvalue weighted by molar-refractivity contribution is -0.140. The van der Waals surface area contributed by atoms with Gasteiger partial charge in [-0.2, -0.15) is 1.33 Å². The number of aromatic amines is 1. The molecule has 0 amide bonds. The summed E-state index contributed by atoms with van der Waals surface area (Å²) in [5.41, 5.74) is 0.797. The zero-order valence-electron chi connectivity index (χ0n) is 6.99. The minimum Gasteiger partial charge on any atom is -0.479 e. The van der Waals surface area contributed by atoms with Gasteiger partial charge in [0.05, 0.1) is 15.9 Å². The van der Waals surface area contributed by atoms with Crippen molar-refractivity contribution in [3.8, 4) is 0 Å². The van der Waals surface area contributed by atoms with Gasteiger partial charge < -0.3 is 10.1 Å². The van der Waals surface area contributed by atoms with Crippen LogP contribution in [-0.4, -0.2) is 25.9 Å². The van der Waals surface area contributed by atoms with E-state index in [1.165, 1.54) is 0 Å². The lowest BCUT2D eigenvalue weighted by Gasteiger charge is -2.30. The molecule has 1 aromatic heterocycles. The minimum absolute atomic E-state index is 0.218. The third-order valence-electron chi connectivity index (χ3n) is 1.67. The summed E-state index contributed by atoms with van der Waals surface area (Å²) in [6.07, 6.45) is 3.19. The van der Waals surface area contributed by atoms with E-state index in [-0.39, 0.29) is 3.92 Å². The lowest BCUT2D eigenvalue weighted by atomic mass is 10.2. The Bertz CT molecular complexity index is 344. The molecule has 0 radical (unpaired) electrons. The Morgan fingerprint density at radius 3 is 2.60 bits per heavy atom. The number of halogens is 4. The Morgan fingerprint density at radius 2 is 2.27 bits per heavy atom. The first kappa shape index (κ1) is 14.6. The second-order valence-corrected chi connectivity index (χ2v) is 9.25. The van der Waals surface area contributed by atoms with Crippen LogP contribution in [0, 0.1) is 0 Å². The quantitative estimate of drug-likeness (QED) is 0.226. The number of aliphatic carboxylic acids is 1. The Morgan fingerprint density at radius 1 is 1.67 bits per heavy atom. The average Bonchev–Trinajstić information content (AvgIpc) is 2.67. The second-order valence-electron chi connectivity index (χ2n) is 2.58. The van der Waals surface area contributed by atoms with Crippen LogP contribution in [0.5, 0.6) is 0 Å². The molecular formula is C6H5I4N3O2. The number of carbonyl (C=O) groups is 1. The Balaban J connectivity index is 3.06. The molecule has 1 aromatic rings. The fourth-order valence-electron chi connectivity index (χ4n) is 0.878. The number of nitrogens with one attached hydrogen (secondary N) is 1. The molecule has 0 saturated carbocycles. The van der Waals surface area contributed by atoms with Crippen LogP contribution < -0.4 is 0 Å². The van der Waals surface area contributed by atoms with Gasteiger partial charge in [0.1, 0.15) is 0 Å². The van der Waals surface area contributed by atoms with Gasteiger partial charge in [-0.05, 0) is 22.6 Å². The largest absolute Gasteiger partial charge is 0.479 e. The monoisotopic (exact) mass is 659 g/mol. The van der Waals surface area contributed by atoms with E-state index in [2.05, 4.69) is 32.6 Å². The van der Waals surface area contributed by atoms with Crippen LogP contribution in [0.3, 0.4) is 0 Å². The minimum atomic E-state index is -1.01. The van der Waals surface area contributed by atoms with Crippen LogP contribution in [-0.2, 0) is 4.79 Å². The molecule has 2 N–H and O–H groups in total. The highest BCUT2D eigenvalue weighted by Gasteiger charge is 2.48. The van der Waals surface area contributed by atoms with Crippen LogP contribution in [0.25, 0.3) is 0 Å². The molecule has 15 heavy (non-hydrogen) atoms. The van der Waals surface area contributed by atoms with Crippen LogP contribution in [0.1, 0.15) is 9.62 Å². The number of carboxylic acid groups (broad SMARTS) is 1. The van der Waals surface area contributed by atoms with E-state index in [0.717, 1.165) is 5.69 Å². The van der Waals surface area contributed by atoms with Gasteiger partial charge in [0.2, 0.25) is 3.55 Å². The number of carboxylic acids is 1. The standard InChI is InChI=1S/C6H5I4N3O2/c7-4(3-1-11-2-12-3)6(8,5(14)15)13(9)10/h1-2,4H,(H,11,12)(H,14,15)/t4?,6-/m0/s1. The fourth-order valence-corrected chi connectivity index (χ4v) is 4.13. The first-order chi connectivity index (χ1) is 6.90. The van der Waals surface area contributed by atoms with Crippen molar-refractivity contribution >= 4 is 96.9 Å². The topological polar surface area (TPSA) is 69.2 Å². The van der Waals surface area contributed by atoms with Crippen molar-refractivity contribution in [1.29, 1.82) is 0 Å². The van der Waals surface area contributed by atoms with Crippen molar-refractivity contribution in [2.75, 3.05) is 0 Å². The van der Waals surface area contributed by atoms with Crippen molar-refractivity contribution < 1.29 is 9.90 Å². The van der Waals surface area contributed by atoms with Gasteiger partial charge in [-0.15, -0.1) is 0 Å². The van der Waals surface area contributed by atoms with Gasteiger partial charge in [0.15, 0.2) is 0 Å². The zero-order valence-corrected chi connectivity index (χ0v) is 15.6. The van der Waals surface area contributed by atoms with Gasteiger partial charge in [-0.25, -0.2) is 9.78 Å². The Kier molecular flexibility index (Phi) is 5.79. The second kappa shape index (κ2) is 5.94. The molecule has 0 saturated heterocycles. The van der Waals surface area contributed by atoms with Gasteiger partial charge in [0, 0.05) is 51.9 Å². The number of rotatable bonds is 4. The van der Waals surface area contributed by atoms with E-state index in [0.29, 0.717) is 0 Å². The summed E-state index contributed by atoms with van der Waals surface area (Å²) < 4.78 is 0.402. The smallest absolute Gasteiger partial charge is 0.337 e. The molecule has 84 valence electrons. The lowest BCUT2D eigenvalue weighted by Crippen LogP contribution is -2.43. The van der Waals surface area contributed by atoms with E-state index in [4.69, 9.17) is 0 Å². The fraction of sp³-hybridized carbons (Fsp3) is 0.333. The van der Waals surface area contributed by atoms with Gasteiger partial charge in [0.25, 0.3) is 0 Å².